The van der Waals surface area contributed by atoms with Crippen molar-refractivity contribution in [3.63, 3.8) is 0 Å². The number of aryl methyl sites for hydroxylation is 3. The van der Waals surface area contributed by atoms with Crippen LogP contribution in [0.2, 0.25) is 0 Å². The number of nitrogens with zero attached hydrogens (tertiary/aromatic N) is 1. The SMILES string of the molecule is COc1ccccc1N1CC[NH+]([C@@H](C)C(=O)Nc2c(C)cc(C)cc2C)CC1. The van der Waals surface area contributed by atoms with Crippen LogP contribution in [-0.4, -0.2) is 45.2 Å². The number of hydrogen-bond acceptors (Lipinski definition) is 3. The molecule has 1 amide bonds. The number of anilines is 2. The zero-order valence-corrected chi connectivity index (χ0v) is 17.6. The molecule has 0 spiro atoms. The summed E-state index contributed by atoms with van der Waals surface area (Å²) < 4.78 is 5.50. The molecular weight excluding hydrogens is 350 g/mol. The van der Waals surface area contributed by atoms with E-state index in [-0.39, 0.29) is 11.9 Å². The third-order valence-corrected chi connectivity index (χ3v) is 5.76. The number of methoxy groups -OCH3 is 1. The molecule has 2 aromatic rings. The van der Waals surface area contributed by atoms with E-state index in [0.29, 0.717) is 0 Å². The second-order valence-electron chi connectivity index (χ2n) is 7.80. The molecule has 1 saturated heterocycles. The third kappa shape index (κ3) is 4.30. The van der Waals surface area contributed by atoms with Gasteiger partial charge in [-0.15, -0.1) is 0 Å². The number of rotatable bonds is 5. The van der Waals surface area contributed by atoms with E-state index in [1.807, 2.05) is 25.1 Å². The minimum absolute atomic E-state index is 0.0834. The zero-order valence-electron chi connectivity index (χ0n) is 17.6. The van der Waals surface area contributed by atoms with Gasteiger partial charge in [-0.25, -0.2) is 0 Å². The molecule has 1 aliphatic heterocycles. The van der Waals surface area contributed by atoms with E-state index in [2.05, 4.69) is 49.2 Å². The summed E-state index contributed by atoms with van der Waals surface area (Å²) in [6.07, 6.45) is 0. The molecule has 0 bridgehead atoms. The van der Waals surface area contributed by atoms with E-state index in [1.165, 1.54) is 10.5 Å². The van der Waals surface area contributed by atoms with Crippen molar-refractivity contribution in [2.75, 3.05) is 43.5 Å². The Morgan fingerprint density at radius 3 is 2.32 bits per heavy atom. The van der Waals surface area contributed by atoms with Crippen LogP contribution in [-0.2, 0) is 4.79 Å². The Morgan fingerprint density at radius 2 is 1.71 bits per heavy atom. The highest BCUT2D eigenvalue weighted by Gasteiger charge is 2.30. The number of para-hydroxylation sites is 2. The van der Waals surface area contributed by atoms with Gasteiger partial charge < -0.3 is 19.9 Å². The Balaban J connectivity index is 1.62. The fourth-order valence-electron chi connectivity index (χ4n) is 4.15. The molecule has 1 fully saturated rings. The molecule has 1 atom stereocenters. The predicted octanol–water partition coefficient (Wildman–Crippen LogP) is 2.35. The standard InChI is InChI=1S/C23H31N3O2/c1-16-14-17(2)22(18(3)15-16)24-23(27)19(4)25-10-12-26(13-11-25)20-8-6-7-9-21(20)28-5/h6-9,14-15,19H,10-13H2,1-5H3,(H,24,27)/p+1/t19-/m0/s1. The van der Waals surface area contributed by atoms with Crippen molar-refractivity contribution in [2.24, 2.45) is 0 Å². The fourth-order valence-corrected chi connectivity index (χ4v) is 4.15. The Hall–Kier alpha value is -2.53. The summed E-state index contributed by atoms with van der Waals surface area (Å²) in [7, 11) is 1.71. The normalized spacial score (nSPS) is 16.0. The van der Waals surface area contributed by atoms with Crippen LogP contribution in [0.25, 0.3) is 0 Å². The van der Waals surface area contributed by atoms with E-state index in [0.717, 1.165) is 54.4 Å². The average Bonchev–Trinajstić information content (AvgIpc) is 2.70. The molecule has 1 heterocycles. The van der Waals surface area contributed by atoms with E-state index >= 15 is 0 Å². The molecule has 28 heavy (non-hydrogen) atoms. The van der Waals surface area contributed by atoms with Crippen molar-refractivity contribution in [1.29, 1.82) is 0 Å². The lowest BCUT2D eigenvalue weighted by molar-refractivity contribution is -0.914. The minimum Gasteiger partial charge on any atom is -0.495 e. The number of carbonyl (C=O) groups excluding carboxylic acids is 1. The van der Waals surface area contributed by atoms with Crippen molar-refractivity contribution in [3.05, 3.63) is 53.1 Å². The summed E-state index contributed by atoms with van der Waals surface area (Å²) in [6.45, 7) is 11.9. The van der Waals surface area contributed by atoms with Gasteiger partial charge in [0, 0.05) is 5.69 Å². The Kier molecular flexibility index (Phi) is 6.25. The molecule has 0 saturated carbocycles. The van der Waals surface area contributed by atoms with Crippen LogP contribution in [0.1, 0.15) is 23.6 Å². The average molecular weight is 383 g/mol. The zero-order chi connectivity index (χ0) is 20.3. The lowest BCUT2D eigenvalue weighted by atomic mass is 10.0. The van der Waals surface area contributed by atoms with Crippen molar-refractivity contribution in [1.82, 2.24) is 0 Å². The van der Waals surface area contributed by atoms with Gasteiger partial charge in [0.2, 0.25) is 0 Å². The maximum Gasteiger partial charge on any atom is 0.282 e. The maximum absolute atomic E-state index is 12.9. The smallest absolute Gasteiger partial charge is 0.282 e. The Bertz CT molecular complexity index is 818. The third-order valence-electron chi connectivity index (χ3n) is 5.76. The summed E-state index contributed by atoms with van der Waals surface area (Å²) in [5.41, 5.74) is 5.55. The molecule has 3 rings (SSSR count). The van der Waals surface area contributed by atoms with Crippen LogP contribution < -0.4 is 19.9 Å². The quantitative estimate of drug-likeness (QED) is 0.835. The van der Waals surface area contributed by atoms with Gasteiger partial charge in [-0.2, -0.15) is 0 Å². The van der Waals surface area contributed by atoms with Gasteiger partial charge in [-0.3, -0.25) is 4.79 Å². The van der Waals surface area contributed by atoms with E-state index in [4.69, 9.17) is 4.74 Å². The number of ether oxygens (including phenoxy) is 1. The Labute approximate surface area is 168 Å². The van der Waals surface area contributed by atoms with Crippen molar-refractivity contribution >= 4 is 17.3 Å². The summed E-state index contributed by atoms with van der Waals surface area (Å²) in [5.74, 6) is 0.998. The van der Waals surface area contributed by atoms with Crippen molar-refractivity contribution in [2.45, 2.75) is 33.7 Å². The van der Waals surface area contributed by atoms with Gasteiger partial charge in [0.05, 0.1) is 39.0 Å². The van der Waals surface area contributed by atoms with Crippen LogP contribution in [0.4, 0.5) is 11.4 Å². The summed E-state index contributed by atoms with van der Waals surface area (Å²) in [6, 6.07) is 12.3. The number of benzene rings is 2. The second-order valence-corrected chi connectivity index (χ2v) is 7.80. The first kappa shape index (κ1) is 20.2. The number of amides is 1. The van der Waals surface area contributed by atoms with Gasteiger partial charge in [0.1, 0.15) is 5.75 Å². The molecule has 5 heteroatoms. The monoisotopic (exact) mass is 382 g/mol. The molecule has 0 aliphatic carbocycles. The first-order chi connectivity index (χ1) is 13.4. The van der Waals surface area contributed by atoms with Crippen molar-refractivity contribution in [3.8, 4) is 5.75 Å². The number of carbonyl (C=O) groups is 1. The highest BCUT2D eigenvalue weighted by atomic mass is 16.5. The molecule has 1 aliphatic rings. The van der Waals surface area contributed by atoms with Gasteiger partial charge in [-0.05, 0) is 51.0 Å². The topological polar surface area (TPSA) is 46.0 Å². The van der Waals surface area contributed by atoms with Gasteiger partial charge in [0.25, 0.3) is 5.91 Å². The van der Waals surface area contributed by atoms with E-state index in [9.17, 15) is 4.79 Å². The second kappa shape index (κ2) is 8.65. The highest BCUT2D eigenvalue weighted by molar-refractivity contribution is 5.95. The van der Waals surface area contributed by atoms with Crippen LogP contribution in [0.5, 0.6) is 5.75 Å². The van der Waals surface area contributed by atoms with E-state index < -0.39 is 0 Å². The van der Waals surface area contributed by atoms with Crippen LogP contribution in [0.15, 0.2) is 36.4 Å². The molecular formula is C23H32N3O2+. The van der Waals surface area contributed by atoms with Crippen LogP contribution >= 0.6 is 0 Å². The van der Waals surface area contributed by atoms with Crippen LogP contribution in [0, 0.1) is 20.8 Å². The molecule has 5 nitrogen and oxygen atoms in total. The lowest BCUT2D eigenvalue weighted by Gasteiger charge is -2.36. The Morgan fingerprint density at radius 1 is 1.11 bits per heavy atom. The molecule has 0 aromatic heterocycles. The number of nitrogens with one attached hydrogen (secondary N) is 2. The largest absolute Gasteiger partial charge is 0.495 e. The molecule has 150 valence electrons. The number of hydrogen-bond donors (Lipinski definition) is 2. The lowest BCUT2D eigenvalue weighted by Crippen LogP contribution is -3.19. The minimum atomic E-state index is -0.0834. The maximum atomic E-state index is 12.9. The summed E-state index contributed by atoms with van der Waals surface area (Å²) in [5, 5.41) is 3.17. The highest BCUT2D eigenvalue weighted by Crippen LogP contribution is 2.27. The summed E-state index contributed by atoms with van der Waals surface area (Å²) in [4.78, 5) is 16.6. The molecule has 0 radical (unpaired) electrons. The molecule has 2 N–H and O–H groups in total. The fraction of sp³-hybridized carbons (Fsp3) is 0.435. The first-order valence-electron chi connectivity index (χ1n) is 10.0. The number of quaternary nitrogens is 1. The predicted molar refractivity (Wildman–Crippen MR) is 115 cm³/mol. The van der Waals surface area contributed by atoms with E-state index in [1.54, 1.807) is 7.11 Å². The molecule has 2 aromatic carbocycles. The first-order valence-corrected chi connectivity index (χ1v) is 10.0. The van der Waals surface area contributed by atoms with Gasteiger partial charge in [0.15, 0.2) is 6.04 Å². The number of piperazine rings is 1. The van der Waals surface area contributed by atoms with Crippen molar-refractivity contribution < 1.29 is 14.4 Å². The molecule has 0 unspecified atom stereocenters. The van der Waals surface area contributed by atoms with Gasteiger partial charge >= 0.3 is 0 Å². The van der Waals surface area contributed by atoms with Gasteiger partial charge in [-0.1, -0.05) is 29.8 Å². The summed E-state index contributed by atoms with van der Waals surface area (Å²) >= 11 is 0. The van der Waals surface area contributed by atoms with Crippen LogP contribution in [0.3, 0.4) is 0 Å².